The number of hydrogen-bond acceptors (Lipinski definition) is 6. The van der Waals surface area contributed by atoms with Crippen molar-refractivity contribution in [2.24, 2.45) is 5.92 Å². The van der Waals surface area contributed by atoms with Crippen molar-refractivity contribution in [2.45, 2.75) is 52.4 Å². The van der Waals surface area contributed by atoms with Crippen molar-refractivity contribution in [3.8, 4) is 0 Å². The molecule has 0 spiro atoms. The Morgan fingerprint density at radius 2 is 1.86 bits per heavy atom. The van der Waals surface area contributed by atoms with E-state index < -0.39 is 11.0 Å². The number of nitrogens with zero attached hydrogens (tertiary/aromatic N) is 2. The summed E-state index contributed by atoms with van der Waals surface area (Å²) in [5.74, 6) is -0.494. The summed E-state index contributed by atoms with van der Waals surface area (Å²) in [5, 5.41) is 10.9. The van der Waals surface area contributed by atoms with E-state index in [1.54, 1.807) is 19.1 Å². The summed E-state index contributed by atoms with van der Waals surface area (Å²) < 4.78 is 13.4. The maximum absolute atomic E-state index is 13.4. The van der Waals surface area contributed by atoms with Gasteiger partial charge in [-0.15, -0.1) is 0 Å². The van der Waals surface area contributed by atoms with Crippen molar-refractivity contribution in [3.63, 3.8) is 0 Å². The highest BCUT2D eigenvalue weighted by molar-refractivity contribution is 14.1. The summed E-state index contributed by atoms with van der Waals surface area (Å²) in [5.41, 5.74) is 3.31. The fraction of sp³-hybridized carbons (Fsp3) is 0.357. The summed E-state index contributed by atoms with van der Waals surface area (Å²) in [6, 6.07) is 15.6. The van der Waals surface area contributed by atoms with E-state index in [0.29, 0.717) is 18.4 Å². The van der Waals surface area contributed by atoms with Gasteiger partial charge in [0.2, 0.25) is 0 Å². The Labute approximate surface area is 230 Å². The van der Waals surface area contributed by atoms with E-state index in [4.69, 9.17) is 9.47 Å². The van der Waals surface area contributed by atoms with Gasteiger partial charge in [0.25, 0.3) is 11.6 Å². The van der Waals surface area contributed by atoms with Crippen LogP contribution in [-0.4, -0.2) is 40.6 Å². The summed E-state index contributed by atoms with van der Waals surface area (Å²) in [7, 11) is 0. The monoisotopic (exact) mass is 618 g/mol. The van der Waals surface area contributed by atoms with Crippen LogP contribution in [0.3, 0.4) is 0 Å². The van der Waals surface area contributed by atoms with Gasteiger partial charge < -0.3 is 9.47 Å². The molecule has 0 unspecified atom stereocenters. The molecule has 2 aromatic carbocycles. The van der Waals surface area contributed by atoms with Gasteiger partial charge in [-0.25, -0.2) is 9.69 Å². The average molecular weight is 618 g/mol. The number of halogens is 1. The van der Waals surface area contributed by atoms with Gasteiger partial charge in [0, 0.05) is 23.6 Å². The van der Waals surface area contributed by atoms with Gasteiger partial charge in [-0.1, -0.05) is 65.9 Å². The Bertz CT molecular complexity index is 1160. The number of rotatable bonds is 11. The zero-order chi connectivity index (χ0) is 26.9. The molecule has 3 rings (SSSR count). The number of nitro groups is 1. The third-order valence-electron chi connectivity index (χ3n) is 6.35. The number of carbonyl (C=O) groups is 2. The summed E-state index contributed by atoms with van der Waals surface area (Å²) >= 11 is 2.16. The van der Waals surface area contributed by atoms with Crippen LogP contribution in [0.4, 0.5) is 10.5 Å². The molecule has 0 radical (unpaired) electrons. The second-order valence-electron chi connectivity index (χ2n) is 9.03. The third kappa shape index (κ3) is 7.48. The zero-order valence-corrected chi connectivity index (χ0v) is 23.3. The molecule has 1 fully saturated rings. The molecule has 196 valence electrons. The minimum atomic E-state index is -0.624. The highest BCUT2D eigenvalue weighted by Gasteiger charge is 2.38. The molecule has 1 saturated heterocycles. The highest BCUT2D eigenvalue weighted by atomic mass is 127. The smallest absolute Gasteiger partial charge is 0.417 e. The summed E-state index contributed by atoms with van der Waals surface area (Å²) in [6.07, 6.45) is 2.17. The van der Waals surface area contributed by atoms with Gasteiger partial charge in [-0.05, 0) is 59.6 Å². The van der Waals surface area contributed by atoms with E-state index in [9.17, 15) is 19.7 Å². The molecule has 9 heteroatoms. The number of ether oxygens (including phenoxy) is 2. The third-order valence-corrected chi connectivity index (χ3v) is 7.34. The van der Waals surface area contributed by atoms with Gasteiger partial charge in [0.15, 0.2) is 0 Å². The first kappa shape index (κ1) is 28.5. The number of hydrogen-bond donors (Lipinski definition) is 0. The van der Waals surface area contributed by atoms with E-state index in [1.165, 1.54) is 17.0 Å². The van der Waals surface area contributed by atoms with Crippen molar-refractivity contribution in [1.82, 2.24) is 4.90 Å². The molecule has 1 heterocycles. The number of cyclic esters (lactones) is 1. The van der Waals surface area contributed by atoms with Crippen molar-refractivity contribution >= 4 is 40.3 Å². The number of benzene rings is 2. The lowest BCUT2D eigenvalue weighted by Crippen LogP contribution is -2.41. The fourth-order valence-electron chi connectivity index (χ4n) is 4.30. The predicted octanol–water partition coefficient (Wildman–Crippen LogP) is 6.38. The quantitative estimate of drug-likeness (QED) is 0.125. The van der Waals surface area contributed by atoms with Crippen LogP contribution in [-0.2, 0) is 27.3 Å². The van der Waals surface area contributed by atoms with Gasteiger partial charge in [0.1, 0.15) is 6.61 Å². The first-order valence-corrected chi connectivity index (χ1v) is 13.3. The Balaban J connectivity index is 1.76. The summed E-state index contributed by atoms with van der Waals surface area (Å²) in [4.78, 5) is 37.6. The second-order valence-corrected chi connectivity index (χ2v) is 9.65. The maximum Gasteiger partial charge on any atom is 0.417 e. The minimum absolute atomic E-state index is 0.0261. The summed E-state index contributed by atoms with van der Waals surface area (Å²) in [6.45, 7) is 6.13. The van der Waals surface area contributed by atoms with E-state index in [1.807, 2.05) is 54.3 Å². The lowest BCUT2D eigenvalue weighted by Gasteiger charge is -2.26. The number of carbonyl (C=O) groups excluding carboxylic acids is 2. The molecule has 0 bridgehead atoms. The number of amides is 2. The molecule has 37 heavy (non-hydrogen) atoms. The molecule has 2 amide bonds. The van der Waals surface area contributed by atoms with E-state index >= 15 is 0 Å². The van der Waals surface area contributed by atoms with E-state index in [2.05, 4.69) is 22.6 Å². The molecule has 0 N–H and O–H groups in total. The van der Waals surface area contributed by atoms with Crippen LogP contribution in [0, 0.1) is 16.0 Å². The number of non-ortho nitro benzene ring substituents is 1. The zero-order valence-electron chi connectivity index (χ0n) is 21.1. The fourth-order valence-corrected chi connectivity index (χ4v) is 4.66. The highest BCUT2D eigenvalue weighted by Crippen LogP contribution is 2.27. The molecule has 3 atom stereocenters. The minimum Gasteiger partial charge on any atom is -0.447 e. The number of imide groups is 1. The van der Waals surface area contributed by atoms with Crippen molar-refractivity contribution in [3.05, 3.63) is 97.1 Å². The lowest BCUT2D eigenvalue weighted by molar-refractivity contribution is -0.384. The van der Waals surface area contributed by atoms with Crippen LogP contribution in [0.25, 0.3) is 0 Å². The molecule has 1 aliphatic rings. The van der Waals surface area contributed by atoms with Gasteiger partial charge in [0.05, 0.1) is 23.7 Å². The van der Waals surface area contributed by atoms with Crippen molar-refractivity contribution < 1.29 is 24.0 Å². The van der Waals surface area contributed by atoms with E-state index in [0.717, 1.165) is 16.7 Å². The normalized spacial score (nSPS) is 17.9. The molecule has 0 saturated carbocycles. The van der Waals surface area contributed by atoms with E-state index in [-0.39, 0.29) is 42.9 Å². The van der Waals surface area contributed by atoms with Gasteiger partial charge in [-0.2, -0.15) is 0 Å². The topological polar surface area (TPSA) is 99.0 Å². The number of nitro benzene ring substituents is 1. The molecule has 0 aliphatic carbocycles. The van der Waals surface area contributed by atoms with Crippen LogP contribution < -0.4 is 0 Å². The first-order valence-electron chi connectivity index (χ1n) is 12.1. The molecule has 1 aliphatic heterocycles. The molecular formula is C28H31IN2O6. The SMILES string of the molecule is CC[C@@H](/C=C(\C)C(=O)N1C(=O)OC[C@@H]1Cc1ccccc1)[C@@H](OCc1ccc([N+](=O)[O-])cc1)/C(C)=C/I. The van der Waals surface area contributed by atoms with Crippen LogP contribution in [0.5, 0.6) is 0 Å². The Kier molecular flexibility index (Phi) is 10.4. The van der Waals surface area contributed by atoms with Crippen molar-refractivity contribution in [2.75, 3.05) is 6.61 Å². The van der Waals surface area contributed by atoms with Crippen LogP contribution in [0.2, 0.25) is 0 Å². The Hall–Kier alpha value is -3.05. The van der Waals surface area contributed by atoms with Crippen LogP contribution in [0.1, 0.15) is 38.3 Å². The Morgan fingerprint density at radius 1 is 1.19 bits per heavy atom. The van der Waals surface area contributed by atoms with Crippen LogP contribution >= 0.6 is 22.6 Å². The predicted molar refractivity (Wildman–Crippen MR) is 149 cm³/mol. The molecule has 0 aromatic heterocycles. The lowest BCUT2D eigenvalue weighted by atomic mass is 9.92. The standard InChI is InChI=1S/C28H31IN2O6/c1-4-23(26(20(3)16-29)36-17-22-10-12-24(13-11-22)31(34)35)14-19(2)27(32)30-25(18-37-28(30)33)15-21-8-6-5-7-9-21/h5-14,16,23,25-26H,4,15,17-18H2,1-3H3/b19-14+,20-16+/t23-,25-,26-/m0/s1. The molecule has 2 aromatic rings. The second kappa shape index (κ2) is 13.5. The van der Waals surface area contributed by atoms with Gasteiger partial charge >= 0.3 is 6.09 Å². The van der Waals surface area contributed by atoms with Crippen molar-refractivity contribution in [1.29, 1.82) is 0 Å². The average Bonchev–Trinajstić information content (AvgIpc) is 3.27. The van der Waals surface area contributed by atoms with Crippen LogP contribution in [0.15, 0.2) is 75.9 Å². The Morgan fingerprint density at radius 3 is 2.46 bits per heavy atom. The largest absolute Gasteiger partial charge is 0.447 e. The maximum atomic E-state index is 13.4. The molecule has 8 nitrogen and oxygen atoms in total. The first-order chi connectivity index (χ1) is 17.7. The van der Waals surface area contributed by atoms with Gasteiger partial charge in [-0.3, -0.25) is 14.9 Å². The molecular weight excluding hydrogens is 587 g/mol.